The van der Waals surface area contributed by atoms with Crippen molar-refractivity contribution in [3.05, 3.63) is 93.0 Å². The highest BCUT2D eigenvalue weighted by atomic mass is 19.2. The van der Waals surface area contributed by atoms with Crippen molar-refractivity contribution < 1.29 is 23.4 Å². The van der Waals surface area contributed by atoms with Crippen molar-refractivity contribution >= 4 is 16.9 Å². The lowest BCUT2D eigenvalue weighted by Crippen LogP contribution is -2.31. The highest BCUT2D eigenvalue weighted by molar-refractivity contribution is 5.97. The van der Waals surface area contributed by atoms with Gasteiger partial charge in [0.05, 0.1) is 11.3 Å². The zero-order chi connectivity index (χ0) is 27.1. The molecule has 0 fully saturated rings. The van der Waals surface area contributed by atoms with E-state index in [2.05, 4.69) is 4.98 Å². The number of nitrogens with one attached hydrogen (secondary N) is 1. The molecule has 4 aromatic rings. The Morgan fingerprint density at radius 1 is 1.14 bits per heavy atom. The maximum atomic E-state index is 14.0. The number of aromatic amines is 1. The number of carbonyl (C=O) groups is 1. The summed E-state index contributed by atoms with van der Waals surface area (Å²) in [4.78, 5) is 28.6. The van der Waals surface area contributed by atoms with Crippen LogP contribution in [0.3, 0.4) is 0 Å². The first-order valence-electron chi connectivity index (χ1n) is 12.1. The molecule has 4 rings (SSSR count). The smallest absolute Gasteiger partial charge is 0.339 e. The molecular weight excluding hydrogens is 478 g/mol. The second-order valence-electron chi connectivity index (χ2n) is 9.97. The number of nitrogens with zero attached hydrogens (tertiary/aromatic N) is 1. The summed E-state index contributed by atoms with van der Waals surface area (Å²) in [6.45, 7) is 9.04. The molecule has 0 spiro atoms. The number of carboxylic acid groups (broad SMARTS) is 1. The fourth-order valence-corrected chi connectivity index (χ4v) is 4.40. The van der Waals surface area contributed by atoms with Crippen LogP contribution in [0.25, 0.3) is 22.0 Å². The predicted molar refractivity (Wildman–Crippen MR) is 139 cm³/mol. The number of fused-ring (bicyclic) bond motifs is 1. The van der Waals surface area contributed by atoms with Crippen LogP contribution in [0, 0.1) is 25.5 Å². The van der Waals surface area contributed by atoms with Gasteiger partial charge in [0, 0.05) is 23.7 Å². The number of benzene rings is 2. The van der Waals surface area contributed by atoms with Gasteiger partial charge in [-0.1, -0.05) is 42.8 Å². The van der Waals surface area contributed by atoms with Crippen LogP contribution in [0.15, 0.2) is 53.5 Å². The Morgan fingerprint density at radius 2 is 1.81 bits per heavy atom. The molecule has 0 aliphatic carbocycles. The van der Waals surface area contributed by atoms with E-state index < -0.39 is 34.9 Å². The number of hydrogen-bond donors (Lipinski definition) is 2. The summed E-state index contributed by atoms with van der Waals surface area (Å²) < 4.78 is 35.5. The van der Waals surface area contributed by atoms with Crippen LogP contribution in [0.5, 0.6) is 0 Å². The second kappa shape index (κ2) is 9.94. The van der Waals surface area contributed by atoms with Crippen molar-refractivity contribution in [3.8, 4) is 11.1 Å². The Labute approximate surface area is 213 Å². The van der Waals surface area contributed by atoms with Crippen molar-refractivity contribution in [2.24, 2.45) is 0 Å². The fraction of sp³-hybridized carbons (Fsp3) is 0.310. The molecule has 2 aromatic heterocycles. The summed E-state index contributed by atoms with van der Waals surface area (Å²) in [6.07, 6.45) is 0.832. The summed E-state index contributed by atoms with van der Waals surface area (Å²) in [5, 5.41) is 10.7. The Morgan fingerprint density at radius 3 is 2.41 bits per heavy atom. The van der Waals surface area contributed by atoms with Crippen molar-refractivity contribution in [2.75, 3.05) is 0 Å². The first-order valence-corrected chi connectivity index (χ1v) is 12.1. The van der Waals surface area contributed by atoms with Crippen LogP contribution in [0.2, 0.25) is 0 Å². The Bertz CT molecular complexity index is 1510. The Hall–Kier alpha value is -3.78. The minimum atomic E-state index is -1.42. The third kappa shape index (κ3) is 5.20. The van der Waals surface area contributed by atoms with Crippen LogP contribution in [-0.4, -0.2) is 26.2 Å². The molecule has 194 valence electrons. The number of carboxylic acids is 1. The summed E-state index contributed by atoms with van der Waals surface area (Å²) >= 11 is 0. The first kappa shape index (κ1) is 26.3. The molecule has 1 unspecified atom stereocenters. The molecule has 37 heavy (non-hydrogen) atoms. The number of halogens is 2. The normalized spacial score (nSPS) is 12.7. The number of aromatic nitrogens is 2. The number of H-pyrrole nitrogens is 1. The number of ether oxygens (including phenoxy) is 1. The number of rotatable bonds is 8. The molecule has 0 aliphatic rings. The van der Waals surface area contributed by atoms with E-state index in [4.69, 9.17) is 4.74 Å². The highest BCUT2D eigenvalue weighted by Gasteiger charge is 2.33. The zero-order valence-electron chi connectivity index (χ0n) is 21.5. The van der Waals surface area contributed by atoms with Crippen molar-refractivity contribution in [1.82, 2.24) is 9.55 Å². The van der Waals surface area contributed by atoms with Crippen LogP contribution < -0.4 is 5.56 Å². The highest BCUT2D eigenvalue weighted by Crippen LogP contribution is 2.37. The second-order valence-corrected chi connectivity index (χ2v) is 9.97. The minimum absolute atomic E-state index is 0.124. The van der Waals surface area contributed by atoms with Gasteiger partial charge in [-0.3, -0.25) is 4.79 Å². The van der Waals surface area contributed by atoms with E-state index in [1.165, 1.54) is 13.0 Å². The lowest BCUT2D eigenvalue weighted by molar-refractivity contribution is -0.163. The van der Waals surface area contributed by atoms with Crippen LogP contribution in [0.1, 0.15) is 55.7 Å². The van der Waals surface area contributed by atoms with E-state index in [1.54, 1.807) is 30.7 Å². The Kier molecular flexibility index (Phi) is 7.06. The van der Waals surface area contributed by atoms with Crippen LogP contribution >= 0.6 is 0 Å². The molecule has 2 aromatic carbocycles. The molecule has 2 N–H and O–H groups in total. The summed E-state index contributed by atoms with van der Waals surface area (Å²) in [5.74, 6) is -3.08. The largest absolute Gasteiger partial charge is 0.479 e. The predicted octanol–water partition coefficient (Wildman–Crippen LogP) is 6.27. The van der Waals surface area contributed by atoms with Crippen molar-refractivity contribution in [2.45, 2.75) is 59.3 Å². The van der Waals surface area contributed by atoms with Gasteiger partial charge in [0.1, 0.15) is 5.52 Å². The third-order valence-electron chi connectivity index (χ3n) is 6.70. The molecule has 0 aliphatic heterocycles. The summed E-state index contributed by atoms with van der Waals surface area (Å²) in [5.41, 5.74) is 2.12. The molecule has 8 heteroatoms. The van der Waals surface area contributed by atoms with Crippen molar-refractivity contribution in [1.29, 1.82) is 0 Å². The van der Waals surface area contributed by atoms with Gasteiger partial charge >= 0.3 is 5.97 Å². The molecule has 0 radical (unpaired) electrons. The lowest BCUT2D eigenvalue weighted by Gasteiger charge is -2.29. The average molecular weight is 509 g/mol. The Balaban J connectivity index is 1.96. The number of aryl methyl sites for hydroxylation is 2. The molecule has 0 saturated heterocycles. The number of aliphatic carboxylic acids is 1. The van der Waals surface area contributed by atoms with Crippen LogP contribution in [-0.2, 0) is 16.1 Å². The van der Waals surface area contributed by atoms with E-state index in [1.807, 2.05) is 38.1 Å². The summed E-state index contributed by atoms with van der Waals surface area (Å²) in [6, 6.07) is 11.9. The van der Waals surface area contributed by atoms with Crippen molar-refractivity contribution in [3.63, 3.8) is 0 Å². The van der Waals surface area contributed by atoms with Crippen LogP contribution in [0.4, 0.5) is 8.78 Å². The molecule has 1 atom stereocenters. The standard InChI is InChI=1S/C29H30F2N2O4/c1-6-29(4,5)37-26(28(35)36)24-22(19-9-7-16(2)8-10-19)20-11-12-33(25(20)27(34)32-24)15-18-13-17(3)23(31)21(30)14-18/h7-14,26H,6,15H2,1-5H3,(H,32,34)(H,35,36). The minimum Gasteiger partial charge on any atom is -0.479 e. The molecular formula is C29H30F2N2O4. The molecule has 6 nitrogen and oxygen atoms in total. The molecule has 2 heterocycles. The van der Waals surface area contributed by atoms with Gasteiger partial charge in [-0.15, -0.1) is 0 Å². The average Bonchev–Trinajstić information content (AvgIpc) is 3.25. The van der Waals surface area contributed by atoms with E-state index in [-0.39, 0.29) is 17.8 Å². The third-order valence-corrected chi connectivity index (χ3v) is 6.70. The number of pyridine rings is 1. The van der Waals surface area contributed by atoms with Gasteiger partial charge in [-0.05, 0) is 62.9 Å². The monoisotopic (exact) mass is 508 g/mol. The van der Waals surface area contributed by atoms with Gasteiger partial charge in [-0.25, -0.2) is 13.6 Å². The molecule has 0 saturated carbocycles. The lowest BCUT2D eigenvalue weighted by atomic mass is 9.96. The van der Waals surface area contributed by atoms with Gasteiger partial charge in [0.2, 0.25) is 0 Å². The first-order chi connectivity index (χ1) is 17.4. The quantitative estimate of drug-likeness (QED) is 0.294. The van der Waals surface area contributed by atoms with Gasteiger partial charge in [-0.2, -0.15) is 0 Å². The van der Waals surface area contributed by atoms with Gasteiger partial charge in [0.15, 0.2) is 17.7 Å². The SMILES string of the molecule is CCC(C)(C)OC(C(=O)O)c1[nH]c(=O)c2c(ccn2Cc2cc(C)c(F)c(F)c2)c1-c1ccc(C)cc1. The summed E-state index contributed by atoms with van der Waals surface area (Å²) in [7, 11) is 0. The maximum absolute atomic E-state index is 14.0. The van der Waals surface area contributed by atoms with E-state index in [0.717, 1.165) is 11.6 Å². The number of hydrogen-bond acceptors (Lipinski definition) is 3. The van der Waals surface area contributed by atoms with E-state index >= 15 is 0 Å². The molecule has 0 amide bonds. The zero-order valence-corrected chi connectivity index (χ0v) is 21.5. The topological polar surface area (TPSA) is 84.3 Å². The van der Waals surface area contributed by atoms with Gasteiger partial charge < -0.3 is 19.4 Å². The fourth-order valence-electron chi connectivity index (χ4n) is 4.40. The van der Waals surface area contributed by atoms with E-state index in [0.29, 0.717) is 34.0 Å². The van der Waals surface area contributed by atoms with Gasteiger partial charge in [0.25, 0.3) is 5.56 Å². The maximum Gasteiger partial charge on any atom is 0.339 e. The molecule has 0 bridgehead atoms. The van der Waals surface area contributed by atoms with E-state index in [9.17, 15) is 23.5 Å².